The predicted molar refractivity (Wildman–Crippen MR) is 137 cm³/mol. The van der Waals surface area contributed by atoms with E-state index < -0.39 is 6.04 Å². The highest BCUT2D eigenvalue weighted by Crippen LogP contribution is 2.23. The normalized spacial score (nSPS) is 22.6. The van der Waals surface area contributed by atoms with Crippen molar-refractivity contribution in [1.82, 2.24) is 25.3 Å². The molecule has 0 aliphatic carbocycles. The van der Waals surface area contributed by atoms with Crippen LogP contribution < -0.4 is 10.1 Å². The second kappa shape index (κ2) is 13.0. The van der Waals surface area contributed by atoms with Gasteiger partial charge in [0.1, 0.15) is 24.0 Å². The second-order valence-corrected chi connectivity index (χ2v) is 9.94. The predicted octanol–water partition coefficient (Wildman–Crippen LogP) is 2.73. The van der Waals surface area contributed by atoms with E-state index in [1.54, 1.807) is 18.3 Å². The third kappa shape index (κ3) is 7.07. The molecule has 1 N–H and O–H groups in total. The molecule has 2 aromatic rings. The molecule has 5 rings (SSSR count). The van der Waals surface area contributed by atoms with E-state index in [0.717, 1.165) is 55.9 Å². The molecule has 10 nitrogen and oxygen atoms in total. The first-order valence-electron chi connectivity index (χ1n) is 13.4. The molecule has 1 saturated heterocycles. The maximum atomic E-state index is 13.4. The molecule has 3 aliphatic rings. The molecule has 2 aromatic heterocycles. The summed E-state index contributed by atoms with van der Waals surface area (Å²) in [5.74, 6) is 1.21. The van der Waals surface area contributed by atoms with Gasteiger partial charge < -0.3 is 24.2 Å². The van der Waals surface area contributed by atoms with E-state index in [4.69, 9.17) is 14.0 Å². The summed E-state index contributed by atoms with van der Waals surface area (Å²) >= 11 is 0. The third-order valence-corrected chi connectivity index (χ3v) is 7.22. The van der Waals surface area contributed by atoms with Crippen molar-refractivity contribution in [3.05, 3.63) is 40.9 Å². The van der Waals surface area contributed by atoms with Crippen LogP contribution in [0.1, 0.15) is 60.0 Å². The summed E-state index contributed by atoms with van der Waals surface area (Å²) in [6.45, 7) is 11.0. The van der Waals surface area contributed by atoms with E-state index in [2.05, 4.69) is 20.4 Å². The van der Waals surface area contributed by atoms with Crippen LogP contribution >= 0.6 is 0 Å². The van der Waals surface area contributed by atoms with Gasteiger partial charge in [-0.1, -0.05) is 18.5 Å². The minimum atomic E-state index is -0.569. The van der Waals surface area contributed by atoms with Crippen LogP contribution in [0.5, 0.6) is 5.88 Å². The fourth-order valence-electron chi connectivity index (χ4n) is 5.06. The average Bonchev–Trinajstić information content (AvgIpc) is 3.22. The molecular formula is C27H39N5O5. The lowest BCUT2D eigenvalue weighted by atomic mass is 9.95. The zero-order chi connectivity index (χ0) is 26.2. The van der Waals surface area contributed by atoms with Crippen LogP contribution in [0.3, 0.4) is 0 Å². The summed E-state index contributed by atoms with van der Waals surface area (Å²) in [5.41, 5.74) is 2.36. The van der Waals surface area contributed by atoms with E-state index in [9.17, 15) is 9.59 Å². The number of nitrogens with one attached hydrogen (secondary N) is 1. The Morgan fingerprint density at radius 1 is 1.11 bits per heavy atom. The smallest absolute Gasteiger partial charge is 0.257 e. The molecule has 0 unspecified atom stereocenters. The molecule has 5 heterocycles. The lowest BCUT2D eigenvalue weighted by Crippen LogP contribution is -2.51. The molecule has 2 amide bonds. The first kappa shape index (κ1) is 27.1. The number of nitrogens with zero attached hydrogens (tertiary/aromatic N) is 4. The maximum Gasteiger partial charge on any atom is 0.257 e. The van der Waals surface area contributed by atoms with Gasteiger partial charge in [-0.3, -0.25) is 14.5 Å². The van der Waals surface area contributed by atoms with Crippen molar-refractivity contribution >= 4 is 11.8 Å². The number of hydrogen-bond donors (Lipinski definition) is 1. The Balaban J connectivity index is 1.51. The van der Waals surface area contributed by atoms with Crippen LogP contribution in [-0.2, 0) is 16.1 Å². The van der Waals surface area contributed by atoms with Crippen LogP contribution in [0.25, 0.3) is 0 Å². The van der Waals surface area contributed by atoms with Crippen molar-refractivity contribution in [2.45, 2.75) is 59.0 Å². The second-order valence-electron chi connectivity index (χ2n) is 9.94. The summed E-state index contributed by atoms with van der Waals surface area (Å²) in [6, 6.07) is 2.79. The number of fused-ring (bicyclic) bond motifs is 12. The van der Waals surface area contributed by atoms with Gasteiger partial charge in [-0.15, -0.1) is 0 Å². The Labute approximate surface area is 218 Å². The minimum absolute atomic E-state index is 0.0119. The van der Waals surface area contributed by atoms with E-state index in [-0.39, 0.29) is 24.3 Å². The standard InChI is InChI=1S/C27H39N5O5/c1-4-6-24-27(34)32-11-8-21(9-12-32)17-31(18-23-19(2)30-37-20(23)3)13-14-35-15-16-36-26-22(25(33)29-24)7-5-10-28-26/h5,7,10,21,24H,4,6,8-9,11-18H2,1-3H3,(H,29,33)/t24-/m1/s1. The highest BCUT2D eigenvalue weighted by atomic mass is 16.5. The quantitative estimate of drug-likeness (QED) is 0.622. The highest BCUT2D eigenvalue weighted by Gasteiger charge is 2.30. The monoisotopic (exact) mass is 513 g/mol. The van der Waals surface area contributed by atoms with Gasteiger partial charge in [-0.2, -0.15) is 0 Å². The number of aryl methyl sites for hydroxylation is 2. The van der Waals surface area contributed by atoms with E-state index in [1.165, 1.54) is 0 Å². The number of aromatic nitrogens is 2. The zero-order valence-electron chi connectivity index (χ0n) is 22.2. The van der Waals surface area contributed by atoms with Crippen molar-refractivity contribution in [2.24, 2.45) is 5.92 Å². The summed E-state index contributed by atoms with van der Waals surface area (Å²) in [6.07, 6.45) is 4.82. The number of rotatable bonds is 4. The van der Waals surface area contributed by atoms with Gasteiger partial charge in [0, 0.05) is 44.5 Å². The lowest BCUT2D eigenvalue weighted by Gasteiger charge is -2.36. The first-order chi connectivity index (χ1) is 18.0. The molecule has 0 radical (unpaired) electrons. The Bertz CT molecular complexity index is 1030. The average molecular weight is 514 g/mol. The fourth-order valence-corrected chi connectivity index (χ4v) is 5.06. The van der Waals surface area contributed by atoms with Crippen LogP contribution in [0.4, 0.5) is 0 Å². The van der Waals surface area contributed by atoms with Gasteiger partial charge in [0.25, 0.3) is 5.91 Å². The molecule has 202 valence electrons. The van der Waals surface area contributed by atoms with Crippen LogP contribution in [0.2, 0.25) is 0 Å². The molecule has 2 bridgehead atoms. The molecule has 10 heteroatoms. The van der Waals surface area contributed by atoms with Gasteiger partial charge in [-0.25, -0.2) is 4.98 Å². The van der Waals surface area contributed by atoms with Crippen molar-refractivity contribution in [1.29, 1.82) is 0 Å². The van der Waals surface area contributed by atoms with Crippen LogP contribution in [0, 0.1) is 19.8 Å². The molecule has 0 aromatic carbocycles. The number of carbonyl (C=O) groups excluding carboxylic acids is 2. The van der Waals surface area contributed by atoms with Crippen molar-refractivity contribution in [3.63, 3.8) is 0 Å². The van der Waals surface area contributed by atoms with E-state index in [0.29, 0.717) is 44.2 Å². The summed E-state index contributed by atoms with van der Waals surface area (Å²) in [5, 5.41) is 7.06. The van der Waals surface area contributed by atoms with Gasteiger partial charge in [0.15, 0.2) is 0 Å². The topological polar surface area (TPSA) is 110 Å². The fraction of sp³-hybridized carbons (Fsp3) is 0.630. The Kier molecular flexibility index (Phi) is 9.51. The summed E-state index contributed by atoms with van der Waals surface area (Å²) in [7, 11) is 0. The van der Waals surface area contributed by atoms with Crippen LogP contribution in [0.15, 0.2) is 22.9 Å². The molecular weight excluding hydrogens is 474 g/mol. The number of piperidine rings is 1. The minimum Gasteiger partial charge on any atom is -0.475 e. The first-order valence-corrected chi connectivity index (χ1v) is 13.4. The van der Waals surface area contributed by atoms with E-state index >= 15 is 0 Å². The largest absolute Gasteiger partial charge is 0.475 e. The Morgan fingerprint density at radius 2 is 1.92 bits per heavy atom. The van der Waals surface area contributed by atoms with Gasteiger partial charge in [0.05, 0.1) is 18.9 Å². The highest BCUT2D eigenvalue weighted by molar-refractivity contribution is 5.99. The van der Waals surface area contributed by atoms with Crippen molar-refractivity contribution in [2.75, 3.05) is 46.0 Å². The molecule has 0 saturated carbocycles. The SMILES string of the molecule is CCC[C@H]1NC(=O)c2cccnc2OCCOCCN(Cc2c(C)noc2C)CC2CCN(CC2)C1=O. The van der Waals surface area contributed by atoms with Gasteiger partial charge in [0.2, 0.25) is 11.8 Å². The Hall–Kier alpha value is -2.98. The molecule has 37 heavy (non-hydrogen) atoms. The number of carbonyl (C=O) groups is 2. The lowest BCUT2D eigenvalue weighted by molar-refractivity contribution is -0.135. The number of ether oxygens (including phenoxy) is 2. The van der Waals surface area contributed by atoms with Crippen molar-refractivity contribution in [3.8, 4) is 5.88 Å². The zero-order valence-corrected chi connectivity index (χ0v) is 22.2. The Morgan fingerprint density at radius 3 is 2.65 bits per heavy atom. The molecule has 3 aliphatic heterocycles. The number of amides is 2. The van der Waals surface area contributed by atoms with Gasteiger partial charge in [-0.05, 0) is 51.2 Å². The molecule has 1 atom stereocenters. The number of pyridine rings is 1. The summed E-state index contributed by atoms with van der Waals surface area (Å²) in [4.78, 5) is 35.1. The van der Waals surface area contributed by atoms with Gasteiger partial charge >= 0.3 is 0 Å². The van der Waals surface area contributed by atoms with Crippen molar-refractivity contribution < 1.29 is 23.6 Å². The van der Waals surface area contributed by atoms with E-state index in [1.807, 2.05) is 25.7 Å². The molecule has 0 spiro atoms. The van der Waals surface area contributed by atoms with Crippen LogP contribution in [-0.4, -0.2) is 83.8 Å². The third-order valence-electron chi connectivity index (χ3n) is 7.22. The number of hydrogen-bond acceptors (Lipinski definition) is 8. The summed E-state index contributed by atoms with van der Waals surface area (Å²) < 4.78 is 17.1. The maximum absolute atomic E-state index is 13.4. The molecule has 1 fully saturated rings.